The Morgan fingerprint density at radius 3 is 2.57 bits per heavy atom. The number of nitrogens with zero attached hydrogens (tertiary/aromatic N) is 2. The fraction of sp³-hybridized carbons (Fsp3) is 0.133. The molecule has 2 rings (SSSR count). The Kier molecular flexibility index (Phi) is 5.29. The summed E-state index contributed by atoms with van der Waals surface area (Å²) in [6.07, 6.45) is 3.33. The first-order valence-electron chi connectivity index (χ1n) is 6.27. The quantitative estimate of drug-likeness (QED) is 0.682. The molecule has 0 aliphatic heterocycles. The minimum absolute atomic E-state index is 0.116. The van der Waals surface area contributed by atoms with Crippen molar-refractivity contribution in [3.05, 3.63) is 59.4 Å². The standard InChI is InChI=1S/C15H14ClN3O2/c1-11(12-6-8-17-9-7-12)18-19-15(20)10-21-14-4-2-13(16)3-5-14/h2-9H,10H2,1H3,(H,19,20)/b18-11-. The summed E-state index contributed by atoms with van der Waals surface area (Å²) in [6, 6.07) is 10.4. The summed E-state index contributed by atoms with van der Waals surface area (Å²) in [5.74, 6) is 0.239. The average molecular weight is 304 g/mol. The zero-order valence-electron chi connectivity index (χ0n) is 11.4. The Bertz CT molecular complexity index is 627. The number of hydrazone groups is 1. The molecule has 6 heteroatoms. The van der Waals surface area contributed by atoms with E-state index in [-0.39, 0.29) is 12.5 Å². The number of benzene rings is 1. The van der Waals surface area contributed by atoms with Crippen LogP contribution in [-0.2, 0) is 4.79 Å². The van der Waals surface area contributed by atoms with Gasteiger partial charge in [-0.3, -0.25) is 9.78 Å². The lowest BCUT2D eigenvalue weighted by atomic mass is 10.2. The molecule has 0 spiro atoms. The van der Waals surface area contributed by atoms with Crippen LogP contribution in [0.25, 0.3) is 0 Å². The number of carbonyl (C=O) groups is 1. The molecule has 0 saturated carbocycles. The molecular weight excluding hydrogens is 290 g/mol. The van der Waals surface area contributed by atoms with Gasteiger partial charge < -0.3 is 4.74 Å². The van der Waals surface area contributed by atoms with Crippen LogP contribution < -0.4 is 10.2 Å². The van der Waals surface area contributed by atoms with Gasteiger partial charge in [-0.1, -0.05) is 11.6 Å². The van der Waals surface area contributed by atoms with Gasteiger partial charge in [0.1, 0.15) is 5.75 Å². The average Bonchev–Trinajstić information content (AvgIpc) is 2.53. The lowest BCUT2D eigenvalue weighted by molar-refractivity contribution is -0.123. The summed E-state index contributed by atoms with van der Waals surface area (Å²) in [4.78, 5) is 15.6. The number of pyridine rings is 1. The van der Waals surface area contributed by atoms with Gasteiger partial charge in [-0.2, -0.15) is 5.10 Å². The highest BCUT2D eigenvalue weighted by molar-refractivity contribution is 6.30. The zero-order valence-corrected chi connectivity index (χ0v) is 12.2. The molecule has 0 saturated heterocycles. The number of halogens is 1. The Balaban J connectivity index is 1.83. The number of hydrogen-bond donors (Lipinski definition) is 1. The minimum Gasteiger partial charge on any atom is -0.484 e. The van der Waals surface area contributed by atoms with Crippen molar-refractivity contribution >= 4 is 23.2 Å². The Morgan fingerprint density at radius 1 is 1.24 bits per heavy atom. The van der Waals surface area contributed by atoms with E-state index >= 15 is 0 Å². The molecular formula is C15H14ClN3O2. The minimum atomic E-state index is -0.335. The molecule has 2 aromatic rings. The van der Waals surface area contributed by atoms with Gasteiger partial charge in [0.2, 0.25) is 0 Å². The molecule has 0 radical (unpaired) electrons. The van der Waals surface area contributed by atoms with Crippen molar-refractivity contribution < 1.29 is 9.53 Å². The third-order valence-corrected chi connectivity index (χ3v) is 2.88. The van der Waals surface area contributed by atoms with Gasteiger partial charge >= 0.3 is 0 Å². The predicted molar refractivity (Wildman–Crippen MR) is 81.5 cm³/mol. The molecule has 0 fully saturated rings. The third-order valence-electron chi connectivity index (χ3n) is 2.63. The lowest BCUT2D eigenvalue weighted by Gasteiger charge is -2.05. The van der Waals surface area contributed by atoms with Crippen molar-refractivity contribution in [2.45, 2.75) is 6.92 Å². The van der Waals surface area contributed by atoms with Crippen molar-refractivity contribution in [1.82, 2.24) is 10.4 Å². The van der Waals surface area contributed by atoms with Crippen molar-refractivity contribution in [2.24, 2.45) is 5.10 Å². The second kappa shape index (κ2) is 7.40. The summed E-state index contributed by atoms with van der Waals surface area (Å²) in [5.41, 5.74) is 4.02. The number of aromatic nitrogens is 1. The lowest BCUT2D eigenvalue weighted by Crippen LogP contribution is -2.25. The molecule has 1 heterocycles. The summed E-state index contributed by atoms with van der Waals surface area (Å²) in [5, 5.41) is 4.62. The third kappa shape index (κ3) is 4.89. The van der Waals surface area contributed by atoms with Crippen LogP contribution in [0, 0.1) is 0 Å². The van der Waals surface area contributed by atoms with E-state index in [9.17, 15) is 4.79 Å². The first-order chi connectivity index (χ1) is 10.1. The maximum absolute atomic E-state index is 11.6. The molecule has 21 heavy (non-hydrogen) atoms. The van der Waals surface area contributed by atoms with Gasteiger partial charge in [0.05, 0.1) is 5.71 Å². The molecule has 5 nitrogen and oxygen atoms in total. The number of rotatable bonds is 5. The first kappa shape index (κ1) is 15.0. The van der Waals surface area contributed by atoms with Gasteiger partial charge in [-0.15, -0.1) is 0 Å². The highest BCUT2D eigenvalue weighted by Crippen LogP contribution is 2.15. The molecule has 1 aromatic carbocycles. The maximum atomic E-state index is 11.6. The Hall–Kier alpha value is -2.40. The smallest absolute Gasteiger partial charge is 0.277 e. The van der Waals surface area contributed by atoms with Crippen LogP contribution in [0.15, 0.2) is 53.9 Å². The van der Waals surface area contributed by atoms with Crippen LogP contribution in [0.5, 0.6) is 5.75 Å². The molecule has 1 N–H and O–H groups in total. The maximum Gasteiger partial charge on any atom is 0.277 e. The van der Waals surface area contributed by atoms with Crippen molar-refractivity contribution in [3.63, 3.8) is 0 Å². The fourth-order valence-corrected chi connectivity index (χ4v) is 1.64. The van der Waals surface area contributed by atoms with Crippen LogP contribution in [-0.4, -0.2) is 23.2 Å². The monoisotopic (exact) mass is 303 g/mol. The second-order valence-corrected chi connectivity index (χ2v) is 4.65. The number of hydrogen-bond acceptors (Lipinski definition) is 4. The zero-order chi connectivity index (χ0) is 15.1. The number of ether oxygens (including phenoxy) is 1. The summed E-state index contributed by atoms with van der Waals surface area (Å²) in [6.45, 7) is 1.68. The molecule has 0 aliphatic rings. The van der Waals surface area contributed by atoms with Gasteiger partial charge in [0.25, 0.3) is 5.91 Å². The largest absolute Gasteiger partial charge is 0.484 e. The Labute approximate surface area is 127 Å². The van der Waals surface area contributed by atoms with E-state index in [1.807, 2.05) is 12.1 Å². The van der Waals surface area contributed by atoms with E-state index in [2.05, 4.69) is 15.5 Å². The van der Waals surface area contributed by atoms with Gasteiger partial charge in [0, 0.05) is 23.0 Å². The molecule has 1 amide bonds. The SMILES string of the molecule is C/C(=N/NC(=O)COc1ccc(Cl)cc1)c1ccncc1. The summed E-state index contributed by atoms with van der Waals surface area (Å²) in [7, 11) is 0. The topological polar surface area (TPSA) is 63.6 Å². The molecule has 0 unspecified atom stereocenters. The van der Waals surface area contributed by atoms with Crippen molar-refractivity contribution in [2.75, 3.05) is 6.61 Å². The normalized spacial score (nSPS) is 11.0. The van der Waals surface area contributed by atoms with Crippen LogP contribution in [0.4, 0.5) is 0 Å². The Morgan fingerprint density at radius 2 is 1.90 bits per heavy atom. The van der Waals surface area contributed by atoms with Gasteiger partial charge in [0.15, 0.2) is 6.61 Å². The van der Waals surface area contributed by atoms with E-state index in [0.29, 0.717) is 16.5 Å². The van der Waals surface area contributed by atoms with E-state index in [4.69, 9.17) is 16.3 Å². The number of nitrogens with one attached hydrogen (secondary N) is 1. The highest BCUT2D eigenvalue weighted by atomic mass is 35.5. The van der Waals surface area contributed by atoms with E-state index < -0.39 is 0 Å². The van der Waals surface area contributed by atoms with E-state index in [1.165, 1.54) is 0 Å². The molecule has 108 valence electrons. The summed E-state index contributed by atoms with van der Waals surface area (Å²) >= 11 is 5.76. The molecule has 0 bridgehead atoms. The summed E-state index contributed by atoms with van der Waals surface area (Å²) < 4.78 is 5.31. The molecule has 0 atom stereocenters. The fourth-order valence-electron chi connectivity index (χ4n) is 1.52. The second-order valence-electron chi connectivity index (χ2n) is 4.21. The van der Waals surface area contributed by atoms with Crippen LogP contribution >= 0.6 is 11.6 Å². The van der Waals surface area contributed by atoms with E-state index in [1.54, 1.807) is 43.6 Å². The van der Waals surface area contributed by atoms with Crippen LogP contribution in [0.3, 0.4) is 0 Å². The molecule has 1 aromatic heterocycles. The number of carbonyl (C=O) groups excluding carboxylic acids is 1. The highest BCUT2D eigenvalue weighted by Gasteiger charge is 2.03. The first-order valence-corrected chi connectivity index (χ1v) is 6.65. The van der Waals surface area contributed by atoms with Gasteiger partial charge in [-0.05, 0) is 43.3 Å². The number of amides is 1. The van der Waals surface area contributed by atoms with Crippen LogP contribution in [0.1, 0.15) is 12.5 Å². The van der Waals surface area contributed by atoms with Crippen LogP contribution in [0.2, 0.25) is 5.02 Å². The van der Waals surface area contributed by atoms with Crippen molar-refractivity contribution in [1.29, 1.82) is 0 Å². The predicted octanol–water partition coefficient (Wildman–Crippen LogP) is 2.65. The van der Waals surface area contributed by atoms with E-state index in [0.717, 1.165) is 5.56 Å². The molecule has 0 aliphatic carbocycles. The van der Waals surface area contributed by atoms with Gasteiger partial charge in [-0.25, -0.2) is 5.43 Å². The van der Waals surface area contributed by atoms with Crippen molar-refractivity contribution in [3.8, 4) is 5.75 Å².